The molecule has 3 atom stereocenters. The van der Waals surface area contributed by atoms with Crippen molar-refractivity contribution in [1.82, 2.24) is 14.7 Å². The Kier molecular flexibility index (Phi) is 7.35. The maximum atomic E-state index is 14.0. The number of fused-ring (bicyclic) bond motifs is 1. The fraction of sp³-hybridized carbons (Fsp3) is 0.586. The summed E-state index contributed by atoms with van der Waals surface area (Å²) in [4.78, 5) is 40.8. The number of carbonyl (C=O) groups excluding carboxylic acids is 2. The van der Waals surface area contributed by atoms with Crippen molar-refractivity contribution in [3.63, 3.8) is 0 Å². The summed E-state index contributed by atoms with van der Waals surface area (Å²) in [6.45, 7) is 7.96. The Morgan fingerprint density at radius 3 is 2.15 bits per heavy atom. The molecule has 0 aliphatic heterocycles. The molecule has 0 bridgehead atoms. The third kappa shape index (κ3) is 5.00. The lowest BCUT2D eigenvalue weighted by Gasteiger charge is -2.34. The minimum absolute atomic E-state index is 0.0911. The van der Waals surface area contributed by atoms with Gasteiger partial charge in [0.15, 0.2) is 5.78 Å². The average Bonchev–Trinajstić information content (AvgIpc) is 3.23. The van der Waals surface area contributed by atoms with Crippen LogP contribution in [0.25, 0.3) is 0 Å². The fourth-order valence-corrected chi connectivity index (χ4v) is 8.01. The van der Waals surface area contributed by atoms with Gasteiger partial charge in [0.25, 0.3) is 5.91 Å². The molecule has 7 nitrogen and oxygen atoms in total. The first-order valence-corrected chi connectivity index (χ1v) is 14.6. The third-order valence-corrected chi connectivity index (χ3v) is 10.7. The van der Waals surface area contributed by atoms with E-state index in [1.807, 2.05) is 6.92 Å². The van der Waals surface area contributed by atoms with Crippen LogP contribution in [0.15, 0.2) is 18.3 Å². The zero-order valence-corrected chi connectivity index (χ0v) is 24.9. The van der Waals surface area contributed by atoms with Crippen molar-refractivity contribution in [2.45, 2.75) is 78.3 Å². The second kappa shape index (κ2) is 10.1. The Hall–Kier alpha value is -2.09. The number of ketones is 1. The molecule has 0 radical (unpaired) electrons. The number of amides is 1. The van der Waals surface area contributed by atoms with Gasteiger partial charge in [0, 0.05) is 6.04 Å². The molecule has 210 valence electrons. The molecule has 0 spiro atoms. The molecule has 2 aromatic rings. The Labute approximate surface area is 243 Å². The van der Waals surface area contributed by atoms with Gasteiger partial charge in [-0.2, -0.15) is 5.10 Å². The minimum atomic E-state index is -0.796. The predicted octanol–water partition coefficient (Wildman–Crippen LogP) is 7.12. The van der Waals surface area contributed by atoms with E-state index >= 15 is 0 Å². The van der Waals surface area contributed by atoms with Gasteiger partial charge in [-0.1, -0.05) is 48.7 Å². The zero-order valence-electron chi connectivity index (χ0n) is 22.6. The molecule has 39 heavy (non-hydrogen) atoms. The van der Waals surface area contributed by atoms with E-state index in [1.165, 1.54) is 6.20 Å². The molecule has 1 N–H and O–H groups in total. The number of carbonyl (C=O) groups is 3. The van der Waals surface area contributed by atoms with Crippen LogP contribution in [-0.2, 0) is 4.79 Å². The van der Waals surface area contributed by atoms with Crippen molar-refractivity contribution in [3.05, 3.63) is 50.2 Å². The normalized spacial score (nSPS) is 29.1. The van der Waals surface area contributed by atoms with Crippen molar-refractivity contribution in [2.75, 3.05) is 6.54 Å². The van der Waals surface area contributed by atoms with Crippen molar-refractivity contribution in [3.8, 4) is 0 Å². The van der Waals surface area contributed by atoms with Gasteiger partial charge in [-0.15, -0.1) is 0 Å². The minimum Gasteiger partial charge on any atom is -0.481 e. The molecule has 3 aliphatic carbocycles. The van der Waals surface area contributed by atoms with Crippen LogP contribution in [0.1, 0.15) is 91.6 Å². The van der Waals surface area contributed by atoms with Gasteiger partial charge in [-0.3, -0.25) is 19.1 Å². The predicted molar refractivity (Wildman–Crippen MR) is 151 cm³/mol. The summed E-state index contributed by atoms with van der Waals surface area (Å²) in [7, 11) is 0. The summed E-state index contributed by atoms with van der Waals surface area (Å²) in [5.41, 5.74) is 0.805. The highest BCUT2D eigenvalue weighted by Gasteiger charge is 2.63. The number of rotatable bonds is 7. The number of aromatic nitrogens is 2. The number of Topliss-reactive ketones (excluding diaryl/α,β-unsaturated/α-hetero) is 1. The van der Waals surface area contributed by atoms with Crippen LogP contribution in [0.3, 0.4) is 0 Å². The SMILES string of the molecule is Cc1cc(Cl)c(C(=O)CN(C(=O)c2cnn(C3CCC(C)(C(=O)O)CC3)c2Cl)[C@H]2C[C@@H]3[C@H](C2)C3(C)C)c(Cl)c1. The van der Waals surface area contributed by atoms with Crippen LogP contribution in [0.4, 0.5) is 0 Å². The van der Waals surface area contributed by atoms with Crippen LogP contribution in [0, 0.1) is 29.6 Å². The van der Waals surface area contributed by atoms with Gasteiger partial charge < -0.3 is 10.0 Å². The smallest absolute Gasteiger partial charge is 0.309 e. The van der Waals surface area contributed by atoms with E-state index in [9.17, 15) is 19.5 Å². The van der Waals surface area contributed by atoms with Crippen molar-refractivity contribution >= 4 is 52.5 Å². The van der Waals surface area contributed by atoms with Crippen molar-refractivity contribution in [1.29, 1.82) is 0 Å². The largest absolute Gasteiger partial charge is 0.481 e. The lowest BCUT2D eigenvalue weighted by molar-refractivity contribution is -0.150. The first-order chi connectivity index (χ1) is 18.2. The molecule has 3 aliphatic rings. The number of halogens is 3. The molecule has 10 heteroatoms. The highest BCUT2D eigenvalue weighted by molar-refractivity contribution is 6.40. The Bertz CT molecular complexity index is 1310. The van der Waals surface area contributed by atoms with Gasteiger partial charge in [0.05, 0.1) is 45.4 Å². The quantitative estimate of drug-likeness (QED) is 0.345. The molecule has 0 unspecified atom stereocenters. The van der Waals surface area contributed by atoms with E-state index in [0.29, 0.717) is 37.5 Å². The molecule has 3 fully saturated rings. The summed E-state index contributed by atoms with van der Waals surface area (Å²) in [6.07, 6.45) is 5.34. The Balaban J connectivity index is 1.40. The maximum absolute atomic E-state index is 14.0. The van der Waals surface area contributed by atoms with Crippen molar-refractivity contribution in [2.24, 2.45) is 22.7 Å². The van der Waals surface area contributed by atoms with Gasteiger partial charge in [-0.25, -0.2) is 0 Å². The van der Waals surface area contributed by atoms with Crippen LogP contribution in [-0.4, -0.2) is 50.0 Å². The number of aliphatic carboxylic acids is 1. The van der Waals surface area contributed by atoms with Crippen LogP contribution < -0.4 is 0 Å². The van der Waals surface area contributed by atoms with Gasteiger partial charge in [-0.05, 0) is 87.3 Å². The van der Waals surface area contributed by atoms with E-state index < -0.39 is 11.4 Å². The van der Waals surface area contributed by atoms with Crippen LogP contribution >= 0.6 is 34.8 Å². The van der Waals surface area contributed by atoms with Crippen LogP contribution in [0.5, 0.6) is 0 Å². The molecule has 1 aromatic heterocycles. The lowest BCUT2D eigenvalue weighted by Crippen LogP contribution is -2.43. The Morgan fingerprint density at radius 1 is 1.05 bits per heavy atom. The number of benzene rings is 1. The summed E-state index contributed by atoms with van der Waals surface area (Å²) >= 11 is 19.6. The number of carboxylic acid groups (broad SMARTS) is 1. The molecule has 1 heterocycles. The number of nitrogens with zero attached hydrogens (tertiary/aromatic N) is 3. The maximum Gasteiger partial charge on any atom is 0.309 e. The number of hydrogen-bond acceptors (Lipinski definition) is 4. The van der Waals surface area contributed by atoms with Crippen molar-refractivity contribution < 1.29 is 19.5 Å². The molecule has 1 amide bonds. The summed E-state index contributed by atoms with van der Waals surface area (Å²) in [5.74, 6) is -0.418. The number of carboxylic acids is 1. The number of aryl methyl sites for hydroxylation is 1. The lowest BCUT2D eigenvalue weighted by atomic mass is 9.74. The summed E-state index contributed by atoms with van der Waals surface area (Å²) in [6, 6.07) is 3.20. The average molecular weight is 595 g/mol. The Morgan fingerprint density at radius 2 is 1.62 bits per heavy atom. The highest BCUT2D eigenvalue weighted by atomic mass is 35.5. The second-order valence-electron chi connectivity index (χ2n) is 12.5. The fourth-order valence-electron chi connectivity index (χ4n) is 6.90. The van der Waals surface area contributed by atoms with Gasteiger partial charge in [0.2, 0.25) is 0 Å². The van der Waals surface area contributed by atoms with E-state index in [4.69, 9.17) is 34.8 Å². The van der Waals surface area contributed by atoms with E-state index in [1.54, 1.807) is 28.6 Å². The standard InChI is InChI=1S/C29H34Cl3N3O4/c1-15-9-21(30)24(22(31)10-15)23(36)14-34(17-11-19-20(12-17)28(19,2)3)26(37)18-13-33-35(25(18)32)16-5-7-29(4,8-6-16)27(38)39/h9-10,13,16-17,19-20H,5-8,11-12,14H2,1-4H3,(H,38,39)/t16?,17-,19+,20-,29?. The van der Waals surface area contributed by atoms with Crippen LogP contribution in [0.2, 0.25) is 15.2 Å². The third-order valence-electron chi connectivity index (χ3n) is 9.71. The molecule has 5 rings (SSSR count). The number of hydrogen-bond donors (Lipinski definition) is 1. The summed E-state index contributed by atoms with van der Waals surface area (Å²) in [5, 5.41) is 14.8. The zero-order chi connectivity index (χ0) is 28.4. The van der Waals surface area contributed by atoms with Gasteiger partial charge >= 0.3 is 5.97 Å². The monoisotopic (exact) mass is 593 g/mol. The first kappa shape index (κ1) is 28.4. The molecular formula is C29H34Cl3N3O4. The van der Waals surface area contributed by atoms with E-state index in [2.05, 4.69) is 18.9 Å². The molecule has 3 saturated carbocycles. The topological polar surface area (TPSA) is 92.5 Å². The molecule has 1 aromatic carbocycles. The molecule has 0 saturated heterocycles. The molecular weight excluding hydrogens is 561 g/mol. The highest BCUT2D eigenvalue weighted by Crippen LogP contribution is 2.67. The second-order valence-corrected chi connectivity index (χ2v) is 13.7. The van der Waals surface area contributed by atoms with Gasteiger partial charge in [0.1, 0.15) is 5.15 Å². The van der Waals surface area contributed by atoms with E-state index in [0.717, 1.165) is 18.4 Å². The van der Waals surface area contributed by atoms with E-state index in [-0.39, 0.29) is 62.1 Å². The first-order valence-electron chi connectivity index (χ1n) is 13.5. The summed E-state index contributed by atoms with van der Waals surface area (Å²) < 4.78 is 1.64.